The van der Waals surface area contributed by atoms with Gasteiger partial charge in [0.25, 0.3) is 0 Å². The Balaban J connectivity index is 2.13. The van der Waals surface area contributed by atoms with Crippen molar-refractivity contribution in [3.8, 4) is 0 Å². The molecule has 9 N–H and O–H groups in total. The van der Waals surface area contributed by atoms with Gasteiger partial charge in [0.15, 0.2) is 11.8 Å². The van der Waals surface area contributed by atoms with Gasteiger partial charge in [0, 0.05) is 13.1 Å². The predicted octanol–water partition coefficient (Wildman–Crippen LogP) is -1.10. The van der Waals surface area contributed by atoms with Gasteiger partial charge < -0.3 is 42.2 Å². The third-order valence-electron chi connectivity index (χ3n) is 4.52. The molecule has 1 saturated heterocycles. The van der Waals surface area contributed by atoms with Gasteiger partial charge in [-0.2, -0.15) is 4.98 Å². The molecule has 2 amide bonds. The molecule has 0 spiro atoms. The highest BCUT2D eigenvalue weighted by atomic mass is 16.5. The van der Waals surface area contributed by atoms with E-state index in [0.717, 1.165) is 0 Å². The molecule has 1 aliphatic rings. The zero-order chi connectivity index (χ0) is 22.3. The van der Waals surface area contributed by atoms with Crippen molar-refractivity contribution in [1.82, 2.24) is 20.4 Å². The number of likely N-dealkylation sites (tertiary alicyclic amines) is 1. The zero-order valence-corrected chi connectivity index (χ0v) is 16.2. The van der Waals surface area contributed by atoms with Crippen molar-refractivity contribution in [1.29, 1.82) is 0 Å². The Labute approximate surface area is 171 Å². The number of nitrogens with two attached hydrogens (primary N) is 3. The first-order valence-corrected chi connectivity index (χ1v) is 9.35. The minimum absolute atomic E-state index is 0.0135. The number of hydrogen-bond donors (Lipinski definition) is 6. The SMILES string of the molecule is NC(N)=NCCC[C@H](NC(=O)N1CCCC1C(=O)O)c1nc([C@@H](N)CC(=O)O)no1. The molecule has 0 bridgehead atoms. The van der Waals surface area contributed by atoms with Crippen molar-refractivity contribution in [3.05, 3.63) is 11.7 Å². The van der Waals surface area contributed by atoms with Crippen LogP contribution in [0.5, 0.6) is 0 Å². The summed E-state index contributed by atoms with van der Waals surface area (Å²) in [5, 5.41) is 24.5. The van der Waals surface area contributed by atoms with E-state index in [1.165, 1.54) is 4.90 Å². The summed E-state index contributed by atoms with van der Waals surface area (Å²) in [4.78, 5) is 44.0. The second-order valence-corrected chi connectivity index (χ2v) is 6.84. The molecule has 1 aromatic heterocycles. The van der Waals surface area contributed by atoms with Gasteiger partial charge in [0.1, 0.15) is 12.1 Å². The van der Waals surface area contributed by atoms with E-state index in [-0.39, 0.29) is 24.2 Å². The zero-order valence-electron chi connectivity index (χ0n) is 16.2. The maximum absolute atomic E-state index is 12.7. The number of carboxylic acids is 2. The molecule has 1 aliphatic heterocycles. The number of aliphatic imine (C=N–C) groups is 1. The van der Waals surface area contributed by atoms with E-state index in [1.807, 2.05) is 0 Å². The Morgan fingerprint density at radius 1 is 1.33 bits per heavy atom. The number of urea groups is 1. The first-order valence-electron chi connectivity index (χ1n) is 9.35. The lowest BCUT2D eigenvalue weighted by Crippen LogP contribution is -2.47. The van der Waals surface area contributed by atoms with E-state index in [0.29, 0.717) is 32.2 Å². The Morgan fingerprint density at radius 3 is 2.70 bits per heavy atom. The minimum atomic E-state index is -1.12. The molecule has 1 unspecified atom stereocenters. The number of carbonyl (C=O) groups excluding carboxylic acids is 1. The number of nitrogens with zero attached hydrogens (tertiary/aromatic N) is 4. The van der Waals surface area contributed by atoms with Crippen molar-refractivity contribution in [3.63, 3.8) is 0 Å². The summed E-state index contributed by atoms with van der Waals surface area (Å²) in [5.41, 5.74) is 16.3. The first kappa shape index (κ1) is 22.9. The van der Waals surface area contributed by atoms with Gasteiger partial charge in [-0.05, 0) is 25.7 Å². The second-order valence-electron chi connectivity index (χ2n) is 6.84. The third kappa shape index (κ3) is 6.30. The molecule has 1 fully saturated rings. The summed E-state index contributed by atoms with van der Waals surface area (Å²) in [7, 11) is 0. The average Bonchev–Trinajstić information content (AvgIpc) is 3.32. The number of aliphatic carboxylic acids is 2. The van der Waals surface area contributed by atoms with E-state index >= 15 is 0 Å². The van der Waals surface area contributed by atoms with E-state index in [2.05, 4.69) is 20.4 Å². The van der Waals surface area contributed by atoms with E-state index in [9.17, 15) is 19.5 Å². The van der Waals surface area contributed by atoms with Gasteiger partial charge in [0.2, 0.25) is 5.89 Å². The molecule has 0 saturated carbocycles. The summed E-state index contributed by atoms with van der Waals surface area (Å²) in [6.07, 6.45) is 1.31. The molecule has 1 aromatic rings. The van der Waals surface area contributed by atoms with E-state index in [1.54, 1.807) is 0 Å². The number of rotatable bonds is 10. The molecule has 2 rings (SSSR count). The molecule has 3 atom stereocenters. The van der Waals surface area contributed by atoms with Crippen molar-refractivity contribution in [2.45, 2.75) is 50.2 Å². The summed E-state index contributed by atoms with van der Waals surface area (Å²) in [5.74, 6) is -2.26. The van der Waals surface area contributed by atoms with Crippen LogP contribution in [0.1, 0.15) is 55.9 Å². The largest absolute Gasteiger partial charge is 0.481 e. The second kappa shape index (κ2) is 10.4. The van der Waals surface area contributed by atoms with Crippen LogP contribution in [0.15, 0.2) is 9.52 Å². The summed E-state index contributed by atoms with van der Waals surface area (Å²) in [6.45, 7) is 0.595. The average molecular weight is 426 g/mol. The molecule has 0 radical (unpaired) electrons. The lowest BCUT2D eigenvalue weighted by Gasteiger charge is -2.24. The summed E-state index contributed by atoms with van der Waals surface area (Å²) >= 11 is 0. The van der Waals surface area contributed by atoms with Crippen LogP contribution < -0.4 is 22.5 Å². The number of nitrogens with one attached hydrogen (secondary N) is 1. The van der Waals surface area contributed by atoms with Crippen LogP contribution in [0.2, 0.25) is 0 Å². The molecular weight excluding hydrogens is 400 g/mol. The lowest BCUT2D eigenvalue weighted by molar-refractivity contribution is -0.141. The minimum Gasteiger partial charge on any atom is -0.481 e. The van der Waals surface area contributed by atoms with Gasteiger partial charge in [-0.1, -0.05) is 5.16 Å². The van der Waals surface area contributed by atoms with Gasteiger partial charge in [-0.3, -0.25) is 9.79 Å². The highest BCUT2D eigenvalue weighted by Crippen LogP contribution is 2.22. The van der Waals surface area contributed by atoms with Crippen LogP contribution in [0.3, 0.4) is 0 Å². The number of hydrogen-bond acceptors (Lipinski definition) is 8. The van der Waals surface area contributed by atoms with E-state index in [4.69, 9.17) is 26.8 Å². The van der Waals surface area contributed by atoms with Crippen molar-refractivity contribution in [2.24, 2.45) is 22.2 Å². The highest BCUT2D eigenvalue weighted by Gasteiger charge is 2.35. The lowest BCUT2D eigenvalue weighted by atomic mass is 10.1. The monoisotopic (exact) mass is 426 g/mol. The highest BCUT2D eigenvalue weighted by molar-refractivity contribution is 5.83. The Kier molecular flexibility index (Phi) is 7.91. The molecular formula is C16H26N8O6. The maximum Gasteiger partial charge on any atom is 0.326 e. The van der Waals surface area contributed by atoms with Crippen LogP contribution in [0, 0.1) is 0 Å². The molecule has 2 heterocycles. The summed E-state index contributed by atoms with van der Waals surface area (Å²) < 4.78 is 5.18. The summed E-state index contributed by atoms with van der Waals surface area (Å²) in [6, 6.07) is -3.23. The van der Waals surface area contributed by atoms with Crippen LogP contribution in [0.4, 0.5) is 4.79 Å². The molecule has 0 aliphatic carbocycles. The number of amides is 2. The first-order chi connectivity index (χ1) is 14.2. The van der Waals surface area contributed by atoms with Crippen LogP contribution >= 0.6 is 0 Å². The fraction of sp³-hybridized carbons (Fsp3) is 0.625. The third-order valence-corrected chi connectivity index (χ3v) is 4.52. The molecule has 14 heteroatoms. The number of carbonyl (C=O) groups is 3. The standard InChI is InChI=1S/C16H26N8O6/c17-8(7-11(25)26)12-22-13(30-23-12)9(3-1-5-20-15(18)19)21-16(29)24-6-2-4-10(24)14(27)28/h8-10H,1-7,17H2,(H,21,29)(H,25,26)(H,27,28)(H4,18,19,20)/t8-,9-,10?/m0/s1. The van der Waals surface area contributed by atoms with Crippen molar-refractivity contribution in [2.75, 3.05) is 13.1 Å². The van der Waals surface area contributed by atoms with Gasteiger partial charge in [-0.15, -0.1) is 0 Å². The molecule has 0 aromatic carbocycles. The number of aromatic nitrogens is 2. The van der Waals surface area contributed by atoms with E-state index < -0.39 is 42.5 Å². The fourth-order valence-electron chi connectivity index (χ4n) is 3.08. The Bertz CT molecular complexity index is 792. The maximum atomic E-state index is 12.7. The Morgan fingerprint density at radius 2 is 2.07 bits per heavy atom. The Hall–Kier alpha value is -3.42. The van der Waals surface area contributed by atoms with Crippen LogP contribution in [-0.4, -0.2) is 68.3 Å². The molecule has 166 valence electrons. The van der Waals surface area contributed by atoms with Crippen molar-refractivity contribution < 1.29 is 29.1 Å². The molecule has 14 nitrogen and oxygen atoms in total. The topological polar surface area (TPSA) is 236 Å². The van der Waals surface area contributed by atoms with Gasteiger partial charge in [0.05, 0.1) is 12.5 Å². The predicted molar refractivity (Wildman–Crippen MR) is 102 cm³/mol. The van der Waals surface area contributed by atoms with Gasteiger partial charge >= 0.3 is 18.0 Å². The number of guanidine groups is 1. The quantitative estimate of drug-likeness (QED) is 0.149. The number of carboxylic acid groups (broad SMARTS) is 2. The normalized spacial score (nSPS) is 17.9. The van der Waals surface area contributed by atoms with Crippen LogP contribution in [-0.2, 0) is 9.59 Å². The van der Waals surface area contributed by atoms with Crippen LogP contribution in [0.25, 0.3) is 0 Å². The fourth-order valence-corrected chi connectivity index (χ4v) is 3.08. The van der Waals surface area contributed by atoms with Gasteiger partial charge in [-0.25, -0.2) is 9.59 Å². The van der Waals surface area contributed by atoms with Crippen molar-refractivity contribution >= 4 is 23.9 Å². The smallest absolute Gasteiger partial charge is 0.326 e. The molecule has 30 heavy (non-hydrogen) atoms.